The van der Waals surface area contributed by atoms with Crippen molar-refractivity contribution < 1.29 is 13.9 Å². The van der Waals surface area contributed by atoms with E-state index < -0.39 is 0 Å². The van der Waals surface area contributed by atoms with Crippen LogP contribution in [0.2, 0.25) is 0 Å². The SMILES string of the molecule is CC[C@@H](CNC(=O)c1cn2cc(-c3cc(C)oc3C)n(C)c(=O)c2n1)OC. The largest absolute Gasteiger partial charge is 0.466 e. The normalized spacial score (nSPS) is 12.5. The summed E-state index contributed by atoms with van der Waals surface area (Å²) in [4.78, 5) is 29.3. The summed E-state index contributed by atoms with van der Waals surface area (Å²) in [6.07, 6.45) is 4.07. The number of fused-ring (bicyclic) bond motifs is 1. The minimum Gasteiger partial charge on any atom is -0.466 e. The number of furan rings is 1. The molecule has 1 atom stereocenters. The maximum absolute atomic E-state index is 12.7. The lowest BCUT2D eigenvalue weighted by Crippen LogP contribution is -2.33. The second kappa shape index (κ2) is 7.40. The smallest absolute Gasteiger partial charge is 0.294 e. The van der Waals surface area contributed by atoms with Gasteiger partial charge in [0, 0.05) is 38.7 Å². The molecular weight excluding hydrogens is 348 g/mol. The summed E-state index contributed by atoms with van der Waals surface area (Å²) in [5, 5.41) is 2.79. The number of nitrogens with one attached hydrogen (secondary N) is 1. The molecule has 0 unspecified atom stereocenters. The van der Waals surface area contributed by atoms with Crippen molar-refractivity contribution in [3.63, 3.8) is 0 Å². The zero-order valence-corrected chi connectivity index (χ0v) is 16.2. The number of hydrogen-bond donors (Lipinski definition) is 1. The number of imidazole rings is 1. The van der Waals surface area contributed by atoms with E-state index in [0.717, 1.165) is 23.5 Å². The minimum atomic E-state index is -0.340. The third-order valence-corrected chi connectivity index (χ3v) is 4.68. The molecule has 0 fully saturated rings. The summed E-state index contributed by atoms with van der Waals surface area (Å²) in [7, 11) is 3.29. The van der Waals surface area contributed by atoms with Crippen molar-refractivity contribution in [3.8, 4) is 11.3 Å². The van der Waals surface area contributed by atoms with Gasteiger partial charge in [-0.25, -0.2) is 4.98 Å². The van der Waals surface area contributed by atoms with Crippen molar-refractivity contribution in [1.82, 2.24) is 19.3 Å². The summed E-state index contributed by atoms with van der Waals surface area (Å²) in [6, 6.07) is 1.89. The number of nitrogens with zero attached hydrogens (tertiary/aromatic N) is 3. The molecule has 0 aliphatic carbocycles. The Balaban J connectivity index is 1.98. The zero-order valence-electron chi connectivity index (χ0n) is 16.2. The van der Waals surface area contributed by atoms with E-state index in [0.29, 0.717) is 12.2 Å². The Morgan fingerprint density at radius 2 is 2.11 bits per heavy atom. The second-order valence-corrected chi connectivity index (χ2v) is 6.54. The van der Waals surface area contributed by atoms with Crippen molar-refractivity contribution in [2.24, 2.45) is 7.05 Å². The van der Waals surface area contributed by atoms with Gasteiger partial charge < -0.3 is 19.0 Å². The molecule has 0 spiro atoms. The summed E-state index contributed by atoms with van der Waals surface area (Å²) in [5.41, 5.74) is 1.63. The molecule has 1 amide bonds. The standard InChI is InChI=1S/C19H24N4O4/c1-6-13(26-5)8-20-18(24)15-9-23-10-16(14-7-11(2)27-12(14)3)22(4)19(25)17(23)21-15/h7,9-10,13H,6,8H2,1-5H3,(H,20,24)/t13-/m0/s1. The predicted octanol–water partition coefficient (Wildman–Crippen LogP) is 2.06. The average molecular weight is 372 g/mol. The van der Waals surface area contributed by atoms with E-state index in [1.165, 1.54) is 4.57 Å². The van der Waals surface area contributed by atoms with Crippen LogP contribution in [0, 0.1) is 13.8 Å². The first-order valence-electron chi connectivity index (χ1n) is 8.82. The Morgan fingerprint density at radius 3 is 2.70 bits per heavy atom. The Labute approximate surface area is 156 Å². The van der Waals surface area contributed by atoms with E-state index in [2.05, 4.69) is 10.3 Å². The van der Waals surface area contributed by atoms with Gasteiger partial charge >= 0.3 is 0 Å². The lowest BCUT2D eigenvalue weighted by molar-refractivity contribution is 0.0812. The summed E-state index contributed by atoms with van der Waals surface area (Å²) < 4.78 is 13.9. The second-order valence-electron chi connectivity index (χ2n) is 6.54. The van der Waals surface area contributed by atoms with E-state index >= 15 is 0 Å². The fourth-order valence-electron chi connectivity index (χ4n) is 3.06. The minimum absolute atomic E-state index is 0.0576. The first-order valence-corrected chi connectivity index (χ1v) is 8.82. The van der Waals surface area contributed by atoms with E-state index in [4.69, 9.17) is 9.15 Å². The molecule has 144 valence electrons. The van der Waals surface area contributed by atoms with Gasteiger partial charge in [0.05, 0.1) is 11.8 Å². The quantitative estimate of drug-likeness (QED) is 0.715. The highest BCUT2D eigenvalue weighted by molar-refractivity contribution is 5.92. The van der Waals surface area contributed by atoms with Crippen molar-refractivity contribution >= 4 is 11.6 Å². The Bertz CT molecular complexity index is 1040. The maximum atomic E-state index is 12.7. The van der Waals surface area contributed by atoms with Crippen LogP contribution in [0.1, 0.15) is 35.4 Å². The third kappa shape index (κ3) is 3.52. The zero-order chi connectivity index (χ0) is 19.7. The molecule has 0 saturated heterocycles. The number of carbonyl (C=O) groups excluding carboxylic acids is 1. The molecule has 3 rings (SSSR count). The first-order chi connectivity index (χ1) is 12.8. The molecule has 0 aromatic carbocycles. The van der Waals surface area contributed by atoms with E-state index in [9.17, 15) is 9.59 Å². The van der Waals surface area contributed by atoms with Gasteiger partial charge in [-0.3, -0.25) is 14.0 Å². The van der Waals surface area contributed by atoms with Crippen LogP contribution in [0.15, 0.2) is 27.7 Å². The molecule has 0 radical (unpaired) electrons. The highest BCUT2D eigenvalue weighted by Crippen LogP contribution is 2.25. The number of hydrogen-bond acceptors (Lipinski definition) is 5. The lowest BCUT2D eigenvalue weighted by Gasteiger charge is -2.12. The molecule has 8 nitrogen and oxygen atoms in total. The van der Waals surface area contributed by atoms with Gasteiger partial charge in [-0.05, 0) is 26.3 Å². The molecule has 0 saturated carbocycles. The topological polar surface area (TPSA) is 90.8 Å². The molecule has 0 aliphatic rings. The number of rotatable bonds is 6. The molecule has 27 heavy (non-hydrogen) atoms. The number of carbonyl (C=O) groups is 1. The molecule has 3 aromatic heterocycles. The summed E-state index contributed by atoms with van der Waals surface area (Å²) >= 11 is 0. The highest BCUT2D eigenvalue weighted by Gasteiger charge is 2.18. The van der Waals surface area contributed by atoms with Gasteiger partial charge in [0.2, 0.25) is 5.65 Å². The predicted molar refractivity (Wildman–Crippen MR) is 101 cm³/mol. The van der Waals surface area contributed by atoms with Gasteiger partial charge in [-0.15, -0.1) is 0 Å². The van der Waals surface area contributed by atoms with Gasteiger partial charge in [-0.1, -0.05) is 6.92 Å². The van der Waals surface area contributed by atoms with Crippen LogP contribution in [0.3, 0.4) is 0 Å². The van der Waals surface area contributed by atoms with E-state index in [-0.39, 0.29) is 28.9 Å². The Morgan fingerprint density at radius 1 is 1.37 bits per heavy atom. The maximum Gasteiger partial charge on any atom is 0.294 e. The highest BCUT2D eigenvalue weighted by atomic mass is 16.5. The van der Waals surface area contributed by atoms with Crippen LogP contribution in [0.25, 0.3) is 16.9 Å². The Kier molecular flexibility index (Phi) is 5.18. The lowest BCUT2D eigenvalue weighted by atomic mass is 10.2. The van der Waals surface area contributed by atoms with Crippen LogP contribution in [0.4, 0.5) is 0 Å². The summed E-state index contributed by atoms with van der Waals surface area (Å²) in [5.74, 6) is 1.16. The molecular formula is C19H24N4O4. The fraction of sp³-hybridized carbons (Fsp3) is 0.421. The van der Waals surface area contributed by atoms with Crippen molar-refractivity contribution in [1.29, 1.82) is 0 Å². The number of aryl methyl sites for hydroxylation is 2. The van der Waals surface area contributed by atoms with Crippen LogP contribution >= 0.6 is 0 Å². The van der Waals surface area contributed by atoms with Gasteiger partial charge in [-0.2, -0.15) is 0 Å². The number of aromatic nitrogens is 3. The number of amides is 1. The molecule has 0 bridgehead atoms. The van der Waals surface area contributed by atoms with Crippen LogP contribution in [0.5, 0.6) is 0 Å². The van der Waals surface area contributed by atoms with Gasteiger partial charge in [0.25, 0.3) is 11.5 Å². The number of methoxy groups -OCH3 is 1. The Hall–Kier alpha value is -2.87. The molecule has 3 aromatic rings. The molecule has 0 aliphatic heterocycles. The van der Waals surface area contributed by atoms with Crippen LogP contribution in [-0.4, -0.2) is 39.6 Å². The molecule has 3 heterocycles. The van der Waals surface area contributed by atoms with Crippen molar-refractivity contribution in [2.75, 3.05) is 13.7 Å². The average Bonchev–Trinajstić information content (AvgIpc) is 3.21. The molecule has 8 heteroatoms. The van der Waals surface area contributed by atoms with E-state index in [1.54, 1.807) is 31.0 Å². The fourth-order valence-corrected chi connectivity index (χ4v) is 3.06. The van der Waals surface area contributed by atoms with E-state index in [1.807, 2.05) is 26.8 Å². The van der Waals surface area contributed by atoms with Gasteiger partial charge in [0.1, 0.15) is 17.2 Å². The van der Waals surface area contributed by atoms with Crippen molar-refractivity contribution in [2.45, 2.75) is 33.3 Å². The monoisotopic (exact) mass is 372 g/mol. The third-order valence-electron chi connectivity index (χ3n) is 4.68. The van der Waals surface area contributed by atoms with Crippen LogP contribution in [-0.2, 0) is 11.8 Å². The van der Waals surface area contributed by atoms with Gasteiger partial charge in [0.15, 0.2) is 0 Å². The number of ether oxygens (including phenoxy) is 1. The van der Waals surface area contributed by atoms with Crippen molar-refractivity contribution in [3.05, 3.63) is 46.0 Å². The molecule has 1 N–H and O–H groups in total. The summed E-state index contributed by atoms with van der Waals surface area (Å²) in [6.45, 7) is 6.08. The van der Waals surface area contributed by atoms with Crippen LogP contribution < -0.4 is 10.9 Å². The first kappa shape index (κ1) is 18.9.